The van der Waals surface area contributed by atoms with Crippen molar-refractivity contribution in [1.82, 2.24) is 5.32 Å². The van der Waals surface area contributed by atoms with E-state index in [-0.39, 0.29) is 17.6 Å². The molecule has 1 aromatic rings. The van der Waals surface area contributed by atoms with E-state index in [4.69, 9.17) is 0 Å². The molecule has 19 heavy (non-hydrogen) atoms. The van der Waals surface area contributed by atoms with Gasteiger partial charge < -0.3 is 5.32 Å². The lowest BCUT2D eigenvalue weighted by Crippen LogP contribution is -2.33. The molecule has 2 fully saturated rings. The molecule has 1 amide bonds. The Labute approximate surface area is 113 Å². The topological polar surface area (TPSA) is 29.1 Å². The first-order chi connectivity index (χ1) is 9.13. The predicted octanol–water partition coefficient (Wildman–Crippen LogP) is 3.19. The Balaban J connectivity index is 1.57. The summed E-state index contributed by atoms with van der Waals surface area (Å²) in [6, 6.07) is 5.14. The van der Waals surface area contributed by atoms with Crippen molar-refractivity contribution in [3.8, 4) is 0 Å². The number of carbonyl (C=O) groups excluding carboxylic acids is 1. The quantitative estimate of drug-likeness (QED) is 0.889. The summed E-state index contributed by atoms with van der Waals surface area (Å²) in [6.45, 7) is 2.18. The molecule has 0 spiro atoms. The zero-order chi connectivity index (χ0) is 13.4. The average molecular weight is 261 g/mol. The standard InChI is InChI=1S/C16H20FNO/c1-10-2-3-12(8-15(10)17)9-18-16(19)14-7-11-4-5-13(14)6-11/h2-3,8,11,13-14H,4-7,9H2,1H3,(H,18,19). The number of fused-ring (bicyclic) bond motifs is 2. The number of nitrogens with one attached hydrogen (secondary N) is 1. The number of rotatable bonds is 3. The lowest BCUT2D eigenvalue weighted by Gasteiger charge is -2.20. The Morgan fingerprint density at radius 1 is 1.37 bits per heavy atom. The molecule has 2 aliphatic carbocycles. The fourth-order valence-corrected chi connectivity index (χ4v) is 3.63. The van der Waals surface area contributed by atoms with Crippen molar-refractivity contribution in [2.45, 2.75) is 39.2 Å². The summed E-state index contributed by atoms with van der Waals surface area (Å²) in [4.78, 5) is 12.2. The van der Waals surface area contributed by atoms with Gasteiger partial charge in [-0.25, -0.2) is 4.39 Å². The molecule has 2 bridgehead atoms. The van der Waals surface area contributed by atoms with Crippen LogP contribution in [0.4, 0.5) is 4.39 Å². The number of halogens is 1. The summed E-state index contributed by atoms with van der Waals surface area (Å²) in [5, 5.41) is 2.97. The van der Waals surface area contributed by atoms with Gasteiger partial charge in [0.25, 0.3) is 0 Å². The van der Waals surface area contributed by atoms with Crippen molar-refractivity contribution in [1.29, 1.82) is 0 Å². The zero-order valence-electron chi connectivity index (χ0n) is 11.3. The van der Waals surface area contributed by atoms with Gasteiger partial charge >= 0.3 is 0 Å². The number of benzene rings is 1. The van der Waals surface area contributed by atoms with Crippen LogP contribution in [0.1, 0.15) is 36.8 Å². The number of hydrogen-bond donors (Lipinski definition) is 1. The van der Waals surface area contributed by atoms with Crippen molar-refractivity contribution in [2.75, 3.05) is 0 Å². The molecule has 1 aromatic carbocycles. The summed E-state index contributed by atoms with van der Waals surface area (Å²) in [7, 11) is 0. The molecule has 102 valence electrons. The van der Waals surface area contributed by atoms with Gasteiger partial charge in [-0.1, -0.05) is 18.6 Å². The monoisotopic (exact) mass is 261 g/mol. The number of aryl methyl sites for hydroxylation is 1. The van der Waals surface area contributed by atoms with Crippen LogP contribution in [0.3, 0.4) is 0 Å². The van der Waals surface area contributed by atoms with E-state index >= 15 is 0 Å². The highest BCUT2D eigenvalue weighted by Gasteiger charge is 2.42. The van der Waals surface area contributed by atoms with E-state index in [1.54, 1.807) is 13.0 Å². The zero-order valence-corrected chi connectivity index (χ0v) is 11.3. The van der Waals surface area contributed by atoms with E-state index in [0.29, 0.717) is 18.0 Å². The molecule has 1 N–H and O–H groups in total. The molecule has 3 atom stereocenters. The van der Waals surface area contributed by atoms with Crippen molar-refractivity contribution in [3.05, 3.63) is 35.1 Å². The van der Waals surface area contributed by atoms with Crippen LogP contribution < -0.4 is 5.32 Å². The third-order valence-electron chi connectivity index (χ3n) is 4.78. The largest absolute Gasteiger partial charge is 0.352 e. The highest BCUT2D eigenvalue weighted by molar-refractivity contribution is 5.79. The number of hydrogen-bond acceptors (Lipinski definition) is 1. The number of amides is 1. The van der Waals surface area contributed by atoms with E-state index in [9.17, 15) is 9.18 Å². The van der Waals surface area contributed by atoms with Gasteiger partial charge in [0.2, 0.25) is 5.91 Å². The van der Waals surface area contributed by atoms with Crippen LogP contribution in [0.15, 0.2) is 18.2 Å². The van der Waals surface area contributed by atoms with E-state index in [1.807, 2.05) is 6.07 Å². The molecule has 2 saturated carbocycles. The van der Waals surface area contributed by atoms with E-state index in [1.165, 1.54) is 25.3 Å². The Hall–Kier alpha value is -1.38. The van der Waals surface area contributed by atoms with Gasteiger partial charge in [-0.05, 0) is 55.2 Å². The smallest absolute Gasteiger partial charge is 0.223 e. The molecule has 0 radical (unpaired) electrons. The van der Waals surface area contributed by atoms with Crippen LogP contribution in [0.5, 0.6) is 0 Å². The SMILES string of the molecule is Cc1ccc(CNC(=O)C2CC3CCC2C3)cc1F. The first-order valence-corrected chi connectivity index (χ1v) is 7.16. The van der Waals surface area contributed by atoms with Crippen molar-refractivity contribution in [2.24, 2.45) is 17.8 Å². The first kappa shape index (κ1) is 12.6. The first-order valence-electron chi connectivity index (χ1n) is 7.16. The molecule has 0 heterocycles. The normalized spacial score (nSPS) is 28.6. The summed E-state index contributed by atoms with van der Waals surface area (Å²) < 4.78 is 13.4. The molecule has 2 aliphatic rings. The maximum atomic E-state index is 13.4. The van der Waals surface area contributed by atoms with Gasteiger partial charge in [0.05, 0.1) is 0 Å². The van der Waals surface area contributed by atoms with E-state index < -0.39 is 0 Å². The van der Waals surface area contributed by atoms with Gasteiger partial charge in [-0.2, -0.15) is 0 Å². The highest BCUT2D eigenvalue weighted by Crippen LogP contribution is 2.48. The van der Waals surface area contributed by atoms with E-state index in [0.717, 1.165) is 17.9 Å². The van der Waals surface area contributed by atoms with Gasteiger partial charge in [0.15, 0.2) is 0 Å². The third kappa shape index (κ3) is 2.51. The van der Waals surface area contributed by atoms with Crippen molar-refractivity contribution >= 4 is 5.91 Å². The van der Waals surface area contributed by atoms with Crippen LogP contribution in [0, 0.1) is 30.5 Å². The molecule has 3 unspecified atom stereocenters. The van der Waals surface area contributed by atoms with Gasteiger partial charge in [-0.3, -0.25) is 4.79 Å². The maximum absolute atomic E-state index is 13.4. The molecule has 2 nitrogen and oxygen atoms in total. The Kier molecular flexibility index (Phi) is 3.29. The molecule has 3 heteroatoms. The summed E-state index contributed by atoms with van der Waals surface area (Å²) in [5.41, 5.74) is 1.47. The molecule has 3 rings (SSSR count). The fraction of sp³-hybridized carbons (Fsp3) is 0.562. The molecule has 0 aromatic heterocycles. The summed E-state index contributed by atoms with van der Waals surface area (Å²) >= 11 is 0. The van der Waals surface area contributed by atoms with Gasteiger partial charge in [0.1, 0.15) is 5.82 Å². The molecule has 0 aliphatic heterocycles. The van der Waals surface area contributed by atoms with E-state index in [2.05, 4.69) is 5.32 Å². The highest BCUT2D eigenvalue weighted by atomic mass is 19.1. The Morgan fingerprint density at radius 3 is 2.84 bits per heavy atom. The van der Waals surface area contributed by atoms with Crippen molar-refractivity contribution in [3.63, 3.8) is 0 Å². The van der Waals surface area contributed by atoms with Crippen molar-refractivity contribution < 1.29 is 9.18 Å². The molecular formula is C16H20FNO. The lowest BCUT2D eigenvalue weighted by atomic mass is 9.88. The Morgan fingerprint density at radius 2 is 2.21 bits per heavy atom. The minimum absolute atomic E-state index is 0.160. The third-order valence-corrected chi connectivity index (χ3v) is 4.78. The van der Waals surface area contributed by atoms with Crippen LogP contribution in [0.25, 0.3) is 0 Å². The Bertz CT molecular complexity index is 500. The summed E-state index contributed by atoms with van der Waals surface area (Å²) in [5.74, 6) is 1.53. The summed E-state index contributed by atoms with van der Waals surface area (Å²) in [6.07, 6.45) is 4.80. The molecular weight excluding hydrogens is 241 g/mol. The van der Waals surface area contributed by atoms with Crippen LogP contribution in [0.2, 0.25) is 0 Å². The van der Waals surface area contributed by atoms with Gasteiger partial charge in [-0.15, -0.1) is 0 Å². The average Bonchev–Trinajstić information content (AvgIpc) is 3.02. The number of carbonyl (C=O) groups is 1. The second-order valence-corrected chi connectivity index (χ2v) is 6.08. The minimum Gasteiger partial charge on any atom is -0.352 e. The maximum Gasteiger partial charge on any atom is 0.223 e. The van der Waals surface area contributed by atoms with Crippen LogP contribution in [-0.2, 0) is 11.3 Å². The lowest BCUT2D eigenvalue weighted by molar-refractivity contribution is -0.126. The predicted molar refractivity (Wildman–Crippen MR) is 71.9 cm³/mol. The second-order valence-electron chi connectivity index (χ2n) is 6.08. The van der Waals surface area contributed by atoms with Crippen LogP contribution in [-0.4, -0.2) is 5.91 Å². The van der Waals surface area contributed by atoms with Crippen LogP contribution >= 0.6 is 0 Å². The van der Waals surface area contributed by atoms with Gasteiger partial charge in [0, 0.05) is 12.5 Å². The second kappa shape index (κ2) is 4.95. The minimum atomic E-state index is -0.202. The molecule has 0 saturated heterocycles. The fourth-order valence-electron chi connectivity index (χ4n) is 3.63.